The molecule has 4 aromatic rings. The minimum atomic E-state index is -0.0437. The Morgan fingerprint density at radius 2 is 1.67 bits per heavy atom. The van der Waals surface area contributed by atoms with E-state index in [1.54, 1.807) is 0 Å². The van der Waals surface area contributed by atoms with Crippen LogP contribution in [0.1, 0.15) is 34.3 Å². The Labute approximate surface area is 188 Å². The highest BCUT2D eigenvalue weighted by Gasteiger charge is 2.27. The Kier molecular flexibility index (Phi) is 5.18. The van der Waals surface area contributed by atoms with E-state index in [4.69, 9.17) is 10.7 Å². The van der Waals surface area contributed by atoms with E-state index in [-0.39, 0.29) is 5.92 Å². The van der Waals surface area contributed by atoms with Crippen molar-refractivity contribution in [3.63, 3.8) is 0 Å². The monoisotopic (exact) mass is 505 g/mol. The van der Waals surface area contributed by atoms with E-state index in [1.807, 2.05) is 36.4 Å². The lowest BCUT2D eigenvalue weighted by Gasteiger charge is -2.19. The van der Waals surface area contributed by atoms with Crippen LogP contribution in [-0.4, -0.2) is 27.0 Å². The van der Waals surface area contributed by atoms with Crippen LogP contribution in [0, 0.1) is 3.57 Å². The quantitative estimate of drug-likeness (QED) is 0.421. The van der Waals surface area contributed by atoms with Crippen LogP contribution in [0.3, 0.4) is 0 Å². The van der Waals surface area contributed by atoms with Crippen LogP contribution >= 0.6 is 22.6 Å². The van der Waals surface area contributed by atoms with E-state index in [1.165, 1.54) is 0 Å². The van der Waals surface area contributed by atoms with Crippen molar-refractivity contribution in [3.05, 3.63) is 111 Å². The highest BCUT2D eigenvalue weighted by atomic mass is 127. The molecule has 1 atom stereocenters. The van der Waals surface area contributed by atoms with E-state index in [0.717, 1.165) is 43.3 Å². The molecule has 0 saturated carbocycles. The SMILES string of the molecule is NCC(c1ccccc1)c1nnc2n1-c1ccc(I)cc1C(c1ccccc1)=NC2. The standard InChI is InChI=1S/C24H20IN5/c25-18-11-12-21-19(13-18)23(17-9-5-2-6-10-17)27-15-22-28-29-24(30(21)22)20(14-26)16-7-3-1-4-8-16/h1-13,20H,14-15,26H2. The predicted molar refractivity (Wildman–Crippen MR) is 127 cm³/mol. The Morgan fingerprint density at radius 1 is 0.933 bits per heavy atom. The molecule has 0 fully saturated rings. The van der Waals surface area contributed by atoms with Gasteiger partial charge in [0.1, 0.15) is 12.4 Å². The number of rotatable bonds is 4. The molecule has 5 nitrogen and oxygen atoms in total. The number of hydrogen-bond acceptors (Lipinski definition) is 4. The number of halogens is 1. The second-order valence-electron chi connectivity index (χ2n) is 7.20. The van der Waals surface area contributed by atoms with E-state index in [2.05, 4.69) is 79.8 Å². The molecule has 0 radical (unpaired) electrons. The molecular formula is C24H20IN5. The summed E-state index contributed by atoms with van der Waals surface area (Å²) in [6, 6.07) is 27.0. The number of hydrogen-bond donors (Lipinski definition) is 1. The minimum Gasteiger partial charge on any atom is -0.329 e. The van der Waals surface area contributed by atoms with Gasteiger partial charge in [-0.2, -0.15) is 0 Å². The zero-order valence-electron chi connectivity index (χ0n) is 16.2. The molecule has 0 spiro atoms. The third kappa shape index (κ3) is 3.36. The predicted octanol–water partition coefficient (Wildman–Crippen LogP) is 4.31. The normalized spacial score (nSPS) is 13.7. The third-order valence-corrected chi connectivity index (χ3v) is 6.06. The van der Waals surface area contributed by atoms with Gasteiger partial charge in [0, 0.05) is 21.2 Å². The summed E-state index contributed by atoms with van der Waals surface area (Å²) < 4.78 is 3.31. The summed E-state index contributed by atoms with van der Waals surface area (Å²) in [7, 11) is 0. The van der Waals surface area contributed by atoms with Gasteiger partial charge in [-0.05, 0) is 46.4 Å². The molecule has 1 unspecified atom stereocenters. The summed E-state index contributed by atoms with van der Waals surface area (Å²) >= 11 is 2.35. The number of benzene rings is 3. The second-order valence-corrected chi connectivity index (χ2v) is 8.45. The molecule has 0 bridgehead atoms. The van der Waals surface area contributed by atoms with Gasteiger partial charge in [-0.25, -0.2) is 0 Å². The number of aromatic nitrogens is 3. The number of nitrogens with zero attached hydrogens (tertiary/aromatic N) is 4. The largest absolute Gasteiger partial charge is 0.329 e. The fourth-order valence-corrected chi connectivity index (χ4v) is 4.46. The van der Waals surface area contributed by atoms with Crippen LogP contribution in [0.2, 0.25) is 0 Å². The number of aliphatic imine (C=N–C) groups is 1. The Balaban J connectivity index is 1.71. The molecule has 2 N–H and O–H groups in total. The van der Waals surface area contributed by atoms with Crippen molar-refractivity contribution >= 4 is 28.3 Å². The van der Waals surface area contributed by atoms with Gasteiger partial charge in [0.25, 0.3) is 0 Å². The van der Waals surface area contributed by atoms with Crippen molar-refractivity contribution in [1.29, 1.82) is 0 Å². The Bertz CT molecular complexity index is 1220. The van der Waals surface area contributed by atoms with Crippen LogP contribution in [0.25, 0.3) is 5.69 Å². The van der Waals surface area contributed by atoms with Gasteiger partial charge in [-0.1, -0.05) is 60.7 Å². The molecule has 0 amide bonds. The Morgan fingerprint density at radius 3 is 2.40 bits per heavy atom. The molecule has 0 saturated heterocycles. The highest BCUT2D eigenvalue weighted by molar-refractivity contribution is 14.1. The van der Waals surface area contributed by atoms with E-state index >= 15 is 0 Å². The fourth-order valence-electron chi connectivity index (χ4n) is 3.97. The van der Waals surface area contributed by atoms with Crippen LogP contribution in [0.5, 0.6) is 0 Å². The molecule has 148 valence electrons. The van der Waals surface area contributed by atoms with E-state index in [9.17, 15) is 0 Å². The molecular weight excluding hydrogens is 485 g/mol. The first-order valence-corrected chi connectivity index (χ1v) is 10.9. The topological polar surface area (TPSA) is 69.1 Å². The molecule has 1 aromatic heterocycles. The lowest BCUT2D eigenvalue weighted by molar-refractivity contribution is 0.720. The molecule has 5 rings (SSSR count). The molecule has 1 aliphatic heterocycles. The first kappa shape index (κ1) is 19.1. The van der Waals surface area contributed by atoms with Crippen molar-refractivity contribution in [2.75, 3.05) is 6.54 Å². The molecule has 2 heterocycles. The third-order valence-electron chi connectivity index (χ3n) is 5.38. The molecule has 0 aliphatic carbocycles. The van der Waals surface area contributed by atoms with Gasteiger partial charge in [-0.3, -0.25) is 9.56 Å². The zero-order valence-corrected chi connectivity index (χ0v) is 18.4. The average molecular weight is 505 g/mol. The van der Waals surface area contributed by atoms with E-state index < -0.39 is 0 Å². The van der Waals surface area contributed by atoms with Crippen LogP contribution in [0.4, 0.5) is 0 Å². The maximum absolute atomic E-state index is 6.22. The smallest absolute Gasteiger partial charge is 0.159 e. The average Bonchev–Trinajstić information content (AvgIpc) is 3.12. The van der Waals surface area contributed by atoms with Gasteiger partial charge in [0.05, 0.1) is 17.3 Å². The number of nitrogens with two attached hydrogens (primary N) is 1. The summed E-state index contributed by atoms with van der Waals surface area (Å²) in [5.74, 6) is 1.64. The van der Waals surface area contributed by atoms with Crippen molar-refractivity contribution < 1.29 is 0 Å². The van der Waals surface area contributed by atoms with Crippen LogP contribution in [0.15, 0.2) is 83.9 Å². The van der Waals surface area contributed by atoms with Crippen molar-refractivity contribution in [2.24, 2.45) is 10.7 Å². The lowest BCUT2D eigenvalue weighted by Crippen LogP contribution is -2.19. The summed E-state index contributed by atoms with van der Waals surface area (Å²) in [5.41, 5.74) is 11.5. The summed E-state index contributed by atoms with van der Waals surface area (Å²) in [5, 5.41) is 9.08. The number of fused-ring (bicyclic) bond motifs is 3. The fraction of sp³-hybridized carbons (Fsp3) is 0.125. The van der Waals surface area contributed by atoms with Gasteiger partial charge in [-0.15, -0.1) is 10.2 Å². The summed E-state index contributed by atoms with van der Waals surface area (Å²) in [6.45, 7) is 0.919. The summed E-state index contributed by atoms with van der Waals surface area (Å²) in [6.07, 6.45) is 0. The zero-order chi connectivity index (χ0) is 20.5. The van der Waals surface area contributed by atoms with Gasteiger partial charge in [0.15, 0.2) is 5.82 Å². The van der Waals surface area contributed by atoms with Crippen molar-refractivity contribution in [3.8, 4) is 5.69 Å². The lowest BCUT2D eigenvalue weighted by atomic mass is 9.97. The van der Waals surface area contributed by atoms with Crippen molar-refractivity contribution in [1.82, 2.24) is 14.8 Å². The highest BCUT2D eigenvalue weighted by Crippen LogP contribution is 2.31. The van der Waals surface area contributed by atoms with Crippen LogP contribution in [-0.2, 0) is 6.54 Å². The van der Waals surface area contributed by atoms with Gasteiger partial charge >= 0.3 is 0 Å². The molecule has 1 aliphatic rings. The summed E-state index contributed by atoms with van der Waals surface area (Å²) in [4.78, 5) is 4.95. The maximum atomic E-state index is 6.22. The molecule has 3 aromatic carbocycles. The second kappa shape index (κ2) is 8.12. The molecule has 30 heavy (non-hydrogen) atoms. The minimum absolute atomic E-state index is 0.0437. The van der Waals surface area contributed by atoms with Gasteiger partial charge < -0.3 is 5.73 Å². The van der Waals surface area contributed by atoms with E-state index in [0.29, 0.717) is 13.1 Å². The van der Waals surface area contributed by atoms with Crippen LogP contribution < -0.4 is 5.73 Å². The Hall–Kier alpha value is -2.84. The van der Waals surface area contributed by atoms with Gasteiger partial charge in [0.2, 0.25) is 0 Å². The first-order valence-electron chi connectivity index (χ1n) is 9.85. The maximum Gasteiger partial charge on any atom is 0.159 e. The molecule has 6 heteroatoms. The first-order chi connectivity index (χ1) is 14.8. The van der Waals surface area contributed by atoms with Crippen molar-refractivity contribution in [2.45, 2.75) is 12.5 Å².